The van der Waals surface area contributed by atoms with Crippen LogP contribution in [0.15, 0.2) is 47.5 Å². The summed E-state index contributed by atoms with van der Waals surface area (Å²) >= 11 is 0. The van der Waals surface area contributed by atoms with Crippen molar-refractivity contribution in [1.82, 2.24) is 24.7 Å². The van der Waals surface area contributed by atoms with Crippen LogP contribution in [-0.4, -0.2) is 81.9 Å². The number of piperazine rings is 1. The molecule has 4 fully saturated rings. The van der Waals surface area contributed by atoms with Gasteiger partial charge in [0.1, 0.15) is 5.82 Å². The molecule has 1 spiro atoms. The molecule has 0 bridgehead atoms. The number of anilines is 1. The molecule has 1 aromatic carbocycles. The summed E-state index contributed by atoms with van der Waals surface area (Å²) in [5.74, 6) is 0.732. The van der Waals surface area contributed by atoms with E-state index in [1.54, 1.807) is 17.0 Å². The molecular weight excluding hydrogens is 480 g/mol. The van der Waals surface area contributed by atoms with Crippen molar-refractivity contribution in [2.24, 2.45) is 5.41 Å². The van der Waals surface area contributed by atoms with Gasteiger partial charge < -0.3 is 25.1 Å². The Morgan fingerprint density at radius 2 is 1.79 bits per heavy atom. The molecule has 4 aliphatic rings. The van der Waals surface area contributed by atoms with Crippen molar-refractivity contribution < 1.29 is 9.90 Å². The number of aromatic nitrogens is 2. The van der Waals surface area contributed by atoms with Crippen molar-refractivity contribution in [3.8, 4) is 0 Å². The predicted molar refractivity (Wildman–Crippen MR) is 146 cm³/mol. The zero-order valence-corrected chi connectivity index (χ0v) is 22.2. The quantitative estimate of drug-likeness (QED) is 0.644. The largest absolute Gasteiger partial charge is 0.387 e. The summed E-state index contributed by atoms with van der Waals surface area (Å²) in [6.45, 7) is 5.29. The lowest BCUT2D eigenvalue weighted by atomic mass is 9.66. The number of piperidine rings is 1. The Labute approximate surface area is 224 Å². The van der Waals surface area contributed by atoms with Gasteiger partial charge in [-0.05, 0) is 37.7 Å². The molecule has 2 N–H and O–H groups in total. The van der Waals surface area contributed by atoms with E-state index in [0.717, 1.165) is 76.1 Å². The summed E-state index contributed by atoms with van der Waals surface area (Å²) in [6.07, 6.45) is 8.12. The number of carbonyl (C=O) groups excluding carboxylic acids is 1. The van der Waals surface area contributed by atoms with Crippen molar-refractivity contribution in [2.75, 3.05) is 50.7 Å². The molecule has 3 saturated heterocycles. The van der Waals surface area contributed by atoms with Crippen LogP contribution in [0, 0.1) is 5.41 Å². The number of hydrogen-bond donors (Lipinski definition) is 2. The molecule has 1 saturated carbocycles. The smallest absolute Gasteiger partial charge is 0.320 e. The van der Waals surface area contributed by atoms with E-state index in [9.17, 15) is 14.7 Å². The van der Waals surface area contributed by atoms with Gasteiger partial charge in [0.15, 0.2) is 0 Å². The highest BCUT2D eigenvalue weighted by Crippen LogP contribution is 2.51. The van der Waals surface area contributed by atoms with Gasteiger partial charge in [-0.15, -0.1) is 0 Å². The molecule has 1 aliphatic carbocycles. The second-order valence-electron chi connectivity index (χ2n) is 11.7. The van der Waals surface area contributed by atoms with E-state index in [1.165, 1.54) is 0 Å². The molecule has 2 atom stereocenters. The maximum atomic E-state index is 13.9. The van der Waals surface area contributed by atoms with E-state index in [2.05, 4.69) is 27.3 Å². The van der Waals surface area contributed by atoms with Crippen molar-refractivity contribution >= 4 is 11.8 Å². The Balaban J connectivity index is 1.21. The van der Waals surface area contributed by atoms with E-state index in [1.807, 2.05) is 28.0 Å². The molecule has 2 aromatic rings. The number of amides is 2. The molecule has 2 unspecified atom stereocenters. The van der Waals surface area contributed by atoms with Gasteiger partial charge in [0.25, 0.3) is 5.56 Å². The molecule has 2 amide bonds. The standard InChI is InChI=1S/C29H40N6O3/c36-26-18-25(32-14-6-7-15-32)31-22-34(26)21-29(38)12-16-33(20-28(29)10-4-5-11-28)27(37)35-17-13-30-19-24(35)23-8-2-1-3-9-23/h1-3,8-9,18,22,24,30,38H,4-7,10-17,19-21H2. The minimum Gasteiger partial charge on any atom is -0.387 e. The van der Waals surface area contributed by atoms with Gasteiger partial charge in [-0.25, -0.2) is 9.78 Å². The van der Waals surface area contributed by atoms with Gasteiger partial charge in [0.05, 0.1) is 24.5 Å². The number of rotatable bonds is 4. The summed E-state index contributed by atoms with van der Waals surface area (Å²) in [6, 6.07) is 11.9. The highest BCUT2D eigenvalue weighted by atomic mass is 16.3. The first kappa shape index (κ1) is 25.4. The summed E-state index contributed by atoms with van der Waals surface area (Å²) in [5, 5.41) is 15.6. The third-order valence-corrected chi connectivity index (χ3v) is 9.51. The van der Waals surface area contributed by atoms with E-state index in [0.29, 0.717) is 26.1 Å². The Morgan fingerprint density at radius 3 is 2.53 bits per heavy atom. The molecular formula is C29H40N6O3. The third kappa shape index (κ3) is 4.60. The monoisotopic (exact) mass is 520 g/mol. The number of urea groups is 1. The number of nitrogens with one attached hydrogen (secondary N) is 1. The molecule has 38 heavy (non-hydrogen) atoms. The van der Waals surface area contributed by atoms with Crippen LogP contribution in [0.1, 0.15) is 56.6 Å². The summed E-state index contributed by atoms with van der Waals surface area (Å²) in [4.78, 5) is 37.7. The van der Waals surface area contributed by atoms with Gasteiger partial charge >= 0.3 is 6.03 Å². The zero-order chi connectivity index (χ0) is 26.2. The van der Waals surface area contributed by atoms with Gasteiger partial charge in [0.2, 0.25) is 0 Å². The normalized spacial score (nSPS) is 27.3. The predicted octanol–water partition coefficient (Wildman–Crippen LogP) is 2.61. The highest BCUT2D eigenvalue weighted by Gasteiger charge is 2.56. The van der Waals surface area contributed by atoms with E-state index < -0.39 is 11.0 Å². The van der Waals surface area contributed by atoms with Crippen LogP contribution in [0.4, 0.5) is 10.6 Å². The number of nitrogens with zero attached hydrogens (tertiary/aromatic N) is 5. The van der Waals surface area contributed by atoms with Gasteiger partial charge in [-0.2, -0.15) is 0 Å². The number of aliphatic hydroxyl groups is 1. The molecule has 6 rings (SSSR count). The summed E-state index contributed by atoms with van der Waals surface area (Å²) < 4.78 is 1.58. The van der Waals surface area contributed by atoms with Crippen LogP contribution in [0.3, 0.4) is 0 Å². The molecule has 3 aliphatic heterocycles. The summed E-state index contributed by atoms with van der Waals surface area (Å²) in [5.41, 5.74) is -0.442. The highest BCUT2D eigenvalue weighted by molar-refractivity contribution is 5.75. The SMILES string of the molecule is O=C(N1CCC(O)(Cn2cnc(N3CCCC3)cc2=O)C2(CCCC2)C1)N1CCNCC1c1ccccc1. The molecule has 1 aromatic heterocycles. The van der Waals surface area contributed by atoms with Crippen molar-refractivity contribution in [3.05, 3.63) is 58.6 Å². The van der Waals surface area contributed by atoms with Crippen molar-refractivity contribution in [2.45, 2.75) is 63.1 Å². The Hall–Kier alpha value is -2.91. The molecule has 204 valence electrons. The Morgan fingerprint density at radius 1 is 1.03 bits per heavy atom. The number of likely N-dealkylation sites (tertiary alicyclic amines) is 1. The lowest BCUT2D eigenvalue weighted by molar-refractivity contribution is -0.137. The molecule has 0 radical (unpaired) electrons. The Bertz CT molecular complexity index is 1190. The van der Waals surface area contributed by atoms with E-state index >= 15 is 0 Å². The third-order valence-electron chi connectivity index (χ3n) is 9.51. The second kappa shape index (κ2) is 10.3. The number of hydrogen-bond acceptors (Lipinski definition) is 6. The van der Waals surface area contributed by atoms with Gasteiger partial charge in [0, 0.05) is 57.3 Å². The minimum atomic E-state index is -1.05. The molecule has 9 heteroatoms. The van der Waals surface area contributed by atoms with E-state index in [-0.39, 0.29) is 24.2 Å². The van der Waals surface area contributed by atoms with Crippen LogP contribution in [0.2, 0.25) is 0 Å². The van der Waals surface area contributed by atoms with Crippen LogP contribution in [0.5, 0.6) is 0 Å². The maximum Gasteiger partial charge on any atom is 0.320 e. The topological polar surface area (TPSA) is 93.9 Å². The first-order valence-electron chi connectivity index (χ1n) is 14.3. The fraction of sp³-hybridized carbons (Fsp3) is 0.621. The minimum absolute atomic E-state index is 0.00318. The Kier molecular flexibility index (Phi) is 6.90. The van der Waals surface area contributed by atoms with Crippen LogP contribution >= 0.6 is 0 Å². The van der Waals surface area contributed by atoms with Crippen molar-refractivity contribution in [3.63, 3.8) is 0 Å². The number of benzene rings is 1. The second-order valence-corrected chi connectivity index (χ2v) is 11.7. The fourth-order valence-electron chi connectivity index (χ4n) is 7.29. The zero-order valence-electron chi connectivity index (χ0n) is 22.2. The lowest BCUT2D eigenvalue weighted by Gasteiger charge is -2.53. The fourth-order valence-corrected chi connectivity index (χ4v) is 7.29. The molecule has 4 heterocycles. The maximum absolute atomic E-state index is 13.9. The van der Waals surface area contributed by atoms with Crippen molar-refractivity contribution in [1.29, 1.82) is 0 Å². The first-order valence-corrected chi connectivity index (χ1v) is 14.3. The average molecular weight is 521 g/mol. The summed E-state index contributed by atoms with van der Waals surface area (Å²) in [7, 11) is 0. The average Bonchev–Trinajstić information content (AvgIpc) is 3.66. The van der Waals surface area contributed by atoms with Gasteiger partial charge in [-0.3, -0.25) is 9.36 Å². The lowest BCUT2D eigenvalue weighted by Crippen LogP contribution is -2.64. The van der Waals surface area contributed by atoms with Crippen LogP contribution in [-0.2, 0) is 6.54 Å². The number of carbonyl (C=O) groups is 1. The van der Waals surface area contributed by atoms with Gasteiger partial charge in [-0.1, -0.05) is 43.2 Å². The van der Waals surface area contributed by atoms with Crippen LogP contribution < -0.4 is 15.8 Å². The first-order chi connectivity index (χ1) is 18.5. The van der Waals surface area contributed by atoms with E-state index in [4.69, 9.17) is 0 Å². The van der Waals surface area contributed by atoms with Crippen LogP contribution in [0.25, 0.3) is 0 Å². The molecule has 9 nitrogen and oxygen atoms in total.